The molecule has 10 heteroatoms. The standard InChI is InChI=1S/C19H29N3O2.C11H13NO4/c1-19(2,3)24-18(23)22-12-10-21(11-13-22)9-8-17-7-6-16(14-20-17)15-4-5-15;1-6-4-9(16-3)8(10(13)12-2)5-7(6)11(14)15/h6-7,14-15H,4-5,8-13H2,1-3H3;4-5H,1-3H3,(H,12,13)(H,14,15). The van der Waals surface area contributed by atoms with Crippen molar-refractivity contribution in [1.29, 1.82) is 0 Å². The smallest absolute Gasteiger partial charge is 0.410 e. The molecule has 2 aromatic rings. The number of hydrogen-bond acceptors (Lipinski definition) is 7. The number of carboxylic acids is 1. The third-order valence-corrected chi connectivity index (χ3v) is 6.85. The second-order valence-corrected chi connectivity index (χ2v) is 11.2. The molecule has 2 aliphatic rings. The predicted octanol–water partition coefficient (Wildman–Crippen LogP) is 4.12. The van der Waals surface area contributed by atoms with Crippen LogP contribution in [0.15, 0.2) is 30.5 Å². The van der Waals surface area contributed by atoms with Crippen molar-refractivity contribution >= 4 is 18.0 Å². The Balaban J connectivity index is 0.000000241. The topological polar surface area (TPSA) is 121 Å². The van der Waals surface area contributed by atoms with E-state index >= 15 is 0 Å². The molecule has 2 fully saturated rings. The van der Waals surface area contributed by atoms with Crippen molar-refractivity contribution in [2.75, 3.05) is 46.9 Å². The number of hydrogen-bond donors (Lipinski definition) is 2. The molecule has 1 aliphatic carbocycles. The second kappa shape index (κ2) is 13.6. The van der Waals surface area contributed by atoms with Crippen molar-refractivity contribution in [2.45, 2.75) is 58.5 Å². The van der Waals surface area contributed by atoms with Gasteiger partial charge in [0.05, 0.1) is 18.2 Å². The lowest BCUT2D eigenvalue weighted by Crippen LogP contribution is -2.50. The van der Waals surface area contributed by atoms with E-state index in [0.717, 1.165) is 50.8 Å². The minimum atomic E-state index is -1.06. The number of pyridine rings is 1. The minimum Gasteiger partial charge on any atom is -0.496 e. The Bertz CT molecular complexity index is 1180. The molecular formula is C30H42N4O6. The normalized spacial score (nSPS) is 15.5. The van der Waals surface area contributed by atoms with Crippen LogP contribution in [-0.2, 0) is 11.2 Å². The number of aromatic carboxylic acids is 1. The van der Waals surface area contributed by atoms with Gasteiger partial charge in [-0.25, -0.2) is 9.59 Å². The Kier molecular flexibility index (Phi) is 10.5. The zero-order chi connectivity index (χ0) is 29.4. The van der Waals surface area contributed by atoms with E-state index in [1.165, 1.54) is 44.7 Å². The number of nitrogens with one attached hydrogen (secondary N) is 1. The van der Waals surface area contributed by atoms with Gasteiger partial charge in [0.1, 0.15) is 11.4 Å². The minimum absolute atomic E-state index is 0.0967. The fraction of sp³-hybridized carbons (Fsp3) is 0.533. The van der Waals surface area contributed by atoms with Crippen molar-refractivity contribution in [3.05, 3.63) is 58.4 Å². The Hall–Kier alpha value is -3.66. The van der Waals surface area contributed by atoms with E-state index in [4.69, 9.17) is 14.6 Å². The van der Waals surface area contributed by atoms with Gasteiger partial charge in [-0.2, -0.15) is 0 Å². The maximum atomic E-state index is 12.1. The molecule has 4 rings (SSSR count). The molecule has 10 nitrogen and oxygen atoms in total. The number of carbonyl (C=O) groups is 3. The van der Waals surface area contributed by atoms with E-state index in [9.17, 15) is 14.4 Å². The molecule has 1 saturated carbocycles. The molecule has 0 atom stereocenters. The third kappa shape index (κ3) is 8.94. The highest BCUT2D eigenvalue weighted by molar-refractivity contribution is 6.00. The first-order valence-corrected chi connectivity index (χ1v) is 13.7. The van der Waals surface area contributed by atoms with Gasteiger partial charge in [0, 0.05) is 58.1 Å². The predicted molar refractivity (Wildman–Crippen MR) is 152 cm³/mol. The molecule has 0 bridgehead atoms. The van der Waals surface area contributed by atoms with Gasteiger partial charge in [-0.3, -0.25) is 14.7 Å². The Morgan fingerprint density at radius 1 is 1.07 bits per heavy atom. The molecule has 1 aliphatic heterocycles. The molecule has 218 valence electrons. The van der Waals surface area contributed by atoms with E-state index in [1.807, 2.05) is 31.9 Å². The summed E-state index contributed by atoms with van der Waals surface area (Å²) in [5.74, 6) is -0.306. The van der Waals surface area contributed by atoms with Gasteiger partial charge in [0.25, 0.3) is 5.91 Å². The zero-order valence-electron chi connectivity index (χ0n) is 24.5. The molecule has 40 heavy (non-hydrogen) atoms. The van der Waals surface area contributed by atoms with Gasteiger partial charge in [0.2, 0.25) is 0 Å². The first kappa shape index (κ1) is 30.9. The van der Waals surface area contributed by atoms with Crippen molar-refractivity contribution < 1.29 is 29.0 Å². The highest BCUT2D eigenvalue weighted by atomic mass is 16.6. The van der Waals surface area contributed by atoms with Crippen LogP contribution < -0.4 is 10.1 Å². The van der Waals surface area contributed by atoms with Crippen LogP contribution in [0.1, 0.15) is 77.1 Å². The van der Waals surface area contributed by atoms with Crippen molar-refractivity contribution in [3.63, 3.8) is 0 Å². The maximum absolute atomic E-state index is 12.1. The lowest BCUT2D eigenvalue weighted by molar-refractivity contribution is 0.0145. The summed E-state index contributed by atoms with van der Waals surface area (Å²) in [5, 5.41) is 11.4. The van der Waals surface area contributed by atoms with Gasteiger partial charge in [0.15, 0.2) is 0 Å². The average Bonchev–Trinajstić information content (AvgIpc) is 3.77. The summed E-state index contributed by atoms with van der Waals surface area (Å²) in [4.78, 5) is 43.3. The highest BCUT2D eigenvalue weighted by Gasteiger charge is 2.26. The number of nitrogens with zero attached hydrogens (tertiary/aromatic N) is 3. The summed E-state index contributed by atoms with van der Waals surface area (Å²) >= 11 is 0. The number of aromatic nitrogens is 1. The average molecular weight is 555 g/mol. The van der Waals surface area contributed by atoms with Gasteiger partial charge in [-0.15, -0.1) is 0 Å². The van der Waals surface area contributed by atoms with E-state index in [2.05, 4.69) is 27.3 Å². The molecule has 1 saturated heterocycles. The van der Waals surface area contributed by atoms with Crippen LogP contribution in [0.3, 0.4) is 0 Å². The lowest BCUT2D eigenvalue weighted by atomic mass is 10.0. The first-order chi connectivity index (χ1) is 18.9. The number of carbonyl (C=O) groups excluding carboxylic acids is 2. The van der Waals surface area contributed by atoms with E-state index in [1.54, 1.807) is 6.92 Å². The van der Waals surface area contributed by atoms with Crippen molar-refractivity contribution in [2.24, 2.45) is 0 Å². The largest absolute Gasteiger partial charge is 0.496 e. The molecule has 2 heterocycles. The SMILES string of the molecule is CC(C)(C)OC(=O)N1CCN(CCc2ccc(C3CC3)cn2)CC1.CNC(=O)c1cc(C(=O)O)c(C)cc1OC. The van der Waals surface area contributed by atoms with Crippen LogP contribution in [0, 0.1) is 6.92 Å². The Labute approximate surface area is 236 Å². The summed E-state index contributed by atoms with van der Waals surface area (Å²) in [6, 6.07) is 7.26. The number of methoxy groups -OCH3 is 1. The lowest BCUT2D eigenvalue weighted by Gasteiger charge is -2.35. The third-order valence-electron chi connectivity index (χ3n) is 6.85. The monoisotopic (exact) mass is 554 g/mol. The van der Waals surface area contributed by atoms with Crippen LogP contribution in [0.5, 0.6) is 5.75 Å². The van der Waals surface area contributed by atoms with Gasteiger partial charge in [-0.1, -0.05) is 6.07 Å². The molecule has 1 aromatic carbocycles. The molecule has 2 N–H and O–H groups in total. The number of amides is 2. The van der Waals surface area contributed by atoms with E-state index in [-0.39, 0.29) is 23.1 Å². The van der Waals surface area contributed by atoms with E-state index < -0.39 is 11.6 Å². The maximum Gasteiger partial charge on any atom is 0.410 e. The highest BCUT2D eigenvalue weighted by Crippen LogP contribution is 2.39. The fourth-order valence-electron chi connectivity index (χ4n) is 4.39. The zero-order valence-corrected chi connectivity index (χ0v) is 24.5. The number of aryl methyl sites for hydroxylation is 1. The van der Waals surface area contributed by atoms with Crippen LogP contribution >= 0.6 is 0 Å². The summed E-state index contributed by atoms with van der Waals surface area (Å²) in [6.45, 7) is 11.6. The quantitative estimate of drug-likeness (QED) is 0.524. The van der Waals surface area contributed by atoms with Crippen LogP contribution in [0.25, 0.3) is 0 Å². The Morgan fingerprint density at radius 3 is 2.25 bits per heavy atom. The molecule has 2 amide bonds. The van der Waals surface area contributed by atoms with Crippen LogP contribution in [0.4, 0.5) is 4.79 Å². The molecular weight excluding hydrogens is 512 g/mol. The first-order valence-electron chi connectivity index (χ1n) is 13.7. The van der Waals surface area contributed by atoms with Crippen molar-refractivity contribution in [3.8, 4) is 5.75 Å². The summed E-state index contributed by atoms with van der Waals surface area (Å²) in [7, 11) is 2.91. The molecule has 1 aromatic heterocycles. The van der Waals surface area contributed by atoms with Gasteiger partial charge in [-0.05, 0) is 75.8 Å². The molecule has 0 unspecified atom stereocenters. The van der Waals surface area contributed by atoms with Crippen LogP contribution in [-0.4, -0.2) is 90.3 Å². The van der Waals surface area contributed by atoms with E-state index in [0.29, 0.717) is 11.3 Å². The van der Waals surface area contributed by atoms with Crippen LogP contribution in [0.2, 0.25) is 0 Å². The number of ether oxygens (including phenoxy) is 2. The summed E-state index contributed by atoms with van der Waals surface area (Å²) in [5.41, 5.74) is 3.00. The number of benzene rings is 1. The summed E-state index contributed by atoms with van der Waals surface area (Å²) in [6.07, 6.45) is 5.47. The summed E-state index contributed by atoms with van der Waals surface area (Å²) < 4.78 is 10.5. The Morgan fingerprint density at radius 2 is 1.75 bits per heavy atom. The number of rotatable bonds is 7. The number of carboxylic acid groups (broad SMARTS) is 1. The van der Waals surface area contributed by atoms with Crippen molar-refractivity contribution in [1.82, 2.24) is 20.1 Å². The van der Waals surface area contributed by atoms with Gasteiger partial charge < -0.3 is 24.8 Å². The van der Waals surface area contributed by atoms with Gasteiger partial charge >= 0.3 is 12.1 Å². The fourth-order valence-corrected chi connectivity index (χ4v) is 4.39. The number of piperazine rings is 1. The molecule has 0 spiro atoms. The molecule has 0 radical (unpaired) electrons. The second-order valence-electron chi connectivity index (χ2n) is 11.2.